The van der Waals surface area contributed by atoms with Gasteiger partial charge in [0.2, 0.25) is 11.8 Å². The molecule has 8 nitrogen and oxygen atoms in total. The largest absolute Gasteiger partial charge is 0.482 e. The quantitative estimate of drug-likeness (QED) is 0.488. The van der Waals surface area contributed by atoms with E-state index in [1.54, 1.807) is 0 Å². The molecule has 2 aliphatic rings. The van der Waals surface area contributed by atoms with Gasteiger partial charge in [-0.2, -0.15) is 0 Å². The lowest BCUT2D eigenvalue weighted by Crippen LogP contribution is -2.49. The molecule has 0 fully saturated rings. The van der Waals surface area contributed by atoms with Gasteiger partial charge in [-0.3, -0.25) is 4.79 Å². The second-order valence-corrected chi connectivity index (χ2v) is 9.08. The molecule has 0 saturated carbocycles. The van der Waals surface area contributed by atoms with Crippen molar-refractivity contribution in [3.8, 4) is 11.1 Å². The zero-order valence-electron chi connectivity index (χ0n) is 20.6. The van der Waals surface area contributed by atoms with Crippen molar-refractivity contribution in [2.45, 2.75) is 30.9 Å². The van der Waals surface area contributed by atoms with E-state index in [4.69, 9.17) is 14.3 Å². The molecule has 0 radical (unpaired) electrons. The van der Waals surface area contributed by atoms with Gasteiger partial charge in [-0.05, 0) is 27.8 Å². The van der Waals surface area contributed by atoms with Crippen LogP contribution in [-0.4, -0.2) is 50.3 Å². The van der Waals surface area contributed by atoms with Gasteiger partial charge in [0, 0.05) is 12.3 Å². The van der Waals surface area contributed by atoms with Crippen LogP contribution in [0.1, 0.15) is 29.0 Å². The molecule has 0 saturated heterocycles. The SMILES string of the molecule is COC1=NOC(CNC(=O)[C@H](Cc2ccccc2)NC(=O)OCC2c3ccccc3-c3ccccc32)C1. The van der Waals surface area contributed by atoms with Crippen molar-refractivity contribution in [2.75, 3.05) is 20.3 Å². The third-order valence-corrected chi connectivity index (χ3v) is 6.68. The maximum atomic E-state index is 13.1. The smallest absolute Gasteiger partial charge is 0.407 e. The number of amides is 2. The van der Waals surface area contributed by atoms with Gasteiger partial charge in [-0.1, -0.05) is 84.0 Å². The van der Waals surface area contributed by atoms with Crippen LogP contribution in [0.5, 0.6) is 0 Å². The van der Waals surface area contributed by atoms with Crippen LogP contribution in [-0.2, 0) is 25.5 Å². The van der Waals surface area contributed by atoms with Gasteiger partial charge in [-0.15, -0.1) is 0 Å². The summed E-state index contributed by atoms with van der Waals surface area (Å²) in [7, 11) is 1.53. The average molecular weight is 500 g/mol. The van der Waals surface area contributed by atoms with Gasteiger partial charge in [-0.25, -0.2) is 4.79 Å². The Kier molecular flexibility index (Phi) is 7.35. The summed E-state index contributed by atoms with van der Waals surface area (Å²) in [5, 5.41) is 9.44. The summed E-state index contributed by atoms with van der Waals surface area (Å²) in [6, 6.07) is 25.0. The Morgan fingerprint density at radius 3 is 2.27 bits per heavy atom. The number of hydrogen-bond acceptors (Lipinski definition) is 6. The second-order valence-electron chi connectivity index (χ2n) is 9.08. The molecule has 2 N–H and O–H groups in total. The fourth-order valence-electron chi connectivity index (χ4n) is 4.81. The van der Waals surface area contributed by atoms with Crippen molar-refractivity contribution >= 4 is 17.9 Å². The number of hydrogen-bond donors (Lipinski definition) is 2. The number of nitrogens with zero attached hydrogens (tertiary/aromatic N) is 1. The predicted molar refractivity (Wildman–Crippen MR) is 139 cm³/mol. The Morgan fingerprint density at radius 1 is 0.973 bits per heavy atom. The molecule has 1 unspecified atom stereocenters. The summed E-state index contributed by atoms with van der Waals surface area (Å²) in [4.78, 5) is 31.2. The third kappa shape index (κ3) is 5.58. The number of nitrogens with one attached hydrogen (secondary N) is 2. The van der Waals surface area contributed by atoms with E-state index in [-0.39, 0.29) is 31.1 Å². The third-order valence-electron chi connectivity index (χ3n) is 6.68. The predicted octanol–water partition coefficient (Wildman–Crippen LogP) is 4.00. The molecule has 2 amide bonds. The summed E-state index contributed by atoms with van der Waals surface area (Å²) in [5.74, 6) is 0.0951. The topological polar surface area (TPSA) is 98.3 Å². The maximum absolute atomic E-state index is 13.1. The van der Waals surface area contributed by atoms with Crippen molar-refractivity contribution in [1.29, 1.82) is 0 Å². The van der Waals surface area contributed by atoms with Gasteiger partial charge in [0.15, 0.2) is 6.10 Å². The summed E-state index contributed by atoms with van der Waals surface area (Å²) in [5.41, 5.74) is 5.49. The first-order valence-corrected chi connectivity index (χ1v) is 12.3. The number of carbonyl (C=O) groups excluding carboxylic acids is 2. The van der Waals surface area contributed by atoms with Crippen molar-refractivity contribution in [3.63, 3.8) is 0 Å². The highest BCUT2D eigenvalue weighted by atomic mass is 16.7. The fraction of sp³-hybridized carbons (Fsp3) is 0.276. The molecule has 1 aliphatic heterocycles. The minimum absolute atomic E-state index is 0.0611. The first-order chi connectivity index (χ1) is 18.1. The number of carbonyl (C=O) groups is 2. The van der Waals surface area contributed by atoms with Crippen molar-refractivity contribution in [3.05, 3.63) is 95.6 Å². The molecule has 1 heterocycles. The van der Waals surface area contributed by atoms with Gasteiger partial charge < -0.3 is 24.9 Å². The highest BCUT2D eigenvalue weighted by Crippen LogP contribution is 2.44. The van der Waals surface area contributed by atoms with E-state index in [0.29, 0.717) is 18.7 Å². The molecule has 37 heavy (non-hydrogen) atoms. The summed E-state index contributed by atoms with van der Waals surface area (Å²) in [6.45, 7) is 0.416. The summed E-state index contributed by atoms with van der Waals surface area (Å²) >= 11 is 0. The number of benzene rings is 3. The zero-order valence-corrected chi connectivity index (χ0v) is 20.6. The average Bonchev–Trinajstić information content (AvgIpc) is 3.53. The van der Waals surface area contributed by atoms with Crippen LogP contribution in [0.4, 0.5) is 4.79 Å². The maximum Gasteiger partial charge on any atom is 0.407 e. The zero-order chi connectivity index (χ0) is 25.6. The van der Waals surface area contributed by atoms with E-state index in [0.717, 1.165) is 27.8 Å². The first-order valence-electron chi connectivity index (χ1n) is 12.3. The number of oxime groups is 1. The Hall–Kier alpha value is -4.33. The Labute approximate surface area is 215 Å². The lowest BCUT2D eigenvalue weighted by Gasteiger charge is -2.20. The van der Waals surface area contributed by atoms with E-state index in [2.05, 4.69) is 40.1 Å². The standard InChI is InChI=1S/C29H29N3O5/c1-35-27-16-20(37-32-27)17-30-28(33)26(15-19-9-3-2-4-10-19)31-29(34)36-18-25-23-13-7-5-11-21(23)22-12-6-8-14-24(22)25/h2-14,20,25-26H,15-18H2,1H3,(H,30,33)(H,31,34)/t20?,26-/m0/s1. The second kappa shape index (κ2) is 11.2. The van der Waals surface area contributed by atoms with E-state index in [9.17, 15) is 9.59 Å². The van der Waals surface area contributed by atoms with Gasteiger partial charge >= 0.3 is 6.09 Å². The van der Waals surface area contributed by atoms with Crippen LogP contribution in [0.3, 0.4) is 0 Å². The van der Waals surface area contributed by atoms with E-state index in [1.807, 2.05) is 54.6 Å². The molecule has 3 aromatic carbocycles. The van der Waals surface area contributed by atoms with Gasteiger partial charge in [0.1, 0.15) is 12.6 Å². The molecular weight excluding hydrogens is 470 g/mol. The van der Waals surface area contributed by atoms with E-state index in [1.165, 1.54) is 7.11 Å². The monoisotopic (exact) mass is 499 g/mol. The number of methoxy groups -OCH3 is 1. The minimum atomic E-state index is -0.817. The van der Waals surface area contributed by atoms with Gasteiger partial charge in [0.05, 0.1) is 20.1 Å². The summed E-state index contributed by atoms with van der Waals surface area (Å²) in [6.07, 6.45) is -0.159. The molecule has 3 aromatic rings. The van der Waals surface area contributed by atoms with Crippen LogP contribution in [0.2, 0.25) is 0 Å². The van der Waals surface area contributed by atoms with Crippen molar-refractivity contribution < 1.29 is 23.9 Å². The lowest BCUT2D eigenvalue weighted by atomic mass is 9.98. The van der Waals surface area contributed by atoms with Crippen molar-refractivity contribution in [1.82, 2.24) is 10.6 Å². The Balaban J connectivity index is 1.22. The van der Waals surface area contributed by atoms with Crippen LogP contribution in [0, 0.1) is 0 Å². The molecule has 8 heteroatoms. The molecule has 0 aromatic heterocycles. The molecular formula is C29H29N3O5. The minimum Gasteiger partial charge on any atom is -0.482 e. The normalized spacial score (nSPS) is 16.6. The molecule has 5 rings (SSSR count). The fourth-order valence-corrected chi connectivity index (χ4v) is 4.81. The van der Waals surface area contributed by atoms with Crippen molar-refractivity contribution in [2.24, 2.45) is 5.16 Å². The molecule has 0 spiro atoms. The van der Waals surface area contributed by atoms with E-state index >= 15 is 0 Å². The number of fused-ring (bicyclic) bond motifs is 3. The summed E-state index contributed by atoms with van der Waals surface area (Å²) < 4.78 is 10.8. The first kappa shape index (κ1) is 24.4. The Bertz CT molecular complexity index is 1250. The molecule has 190 valence electrons. The van der Waals surface area contributed by atoms with Gasteiger partial charge in [0.25, 0.3) is 0 Å². The highest BCUT2D eigenvalue weighted by molar-refractivity contribution is 5.86. The highest BCUT2D eigenvalue weighted by Gasteiger charge is 2.30. The van der Waals surface area contributed by atoms with Crippen LogP contribution < -0.4 is 10.6 Å². The molecule has 0 bridgehead atoms. The number of rotatable bonds is 8. The van der Waals surface area contributed by atoms with Crippen LogP contribution in [0.15, 0.2) is 84.0 Å². The Morgan fingerprint density at radius 2 is 1.62 bits per heavy atom. The van der Waals surface area contributed by atoms with E-state index < -0.39 is 12.1 Å². The number of ether oxygens (including phenoxy) is 2. The molecule has 1 aliphatic carbocycles. The molecule has 2 atom stereocenters. The number of alkyl carbamates (subject to hydrolysis) is 1. The lowest BCUT2D eigenvalue weighted by molar-refractivity contribution is -0.123. The van der Waals surface area contributed by atoms with Crippen LogP contribution in [0.25, 0.3) is 11.1 Å². The van der Waals surface area contributed by atoms with Crippen LogP contribution >= 0.6 is 0 Å².